The molecule has 0 aromatic rings. The Balaban J connectivity index is 2.12. The molecule has 6 heteroatoms. The van der Waals surface area contributed by atoms with Crippen molar-refractivity contribution in [1.82, 2.24) is 4.90 Å². The smallest absolute Gasteiger partial charge is 0.314 e. The molecule has 1 fully saturated rings. The molecule has 1 aliphatic heterocycles. The van der Waals surface area contributed by atoms with Crippen molar-refractivity contribution in [2.24, 2.45) is 0 Å². The second-order valence-corrected chi connectivity index (χ2v) is 4.89. The first-order chi connectivity index (χ1) is 7.98. The fraction of sp³-hybridized carbons (Fsp3) is 0.455. The summed E-state index contributed by atoms with van der Waals surface area (Å²) in [5.41, 5.74) is 0.0170. The highest BCUT2D eigenvalue weighted by Crippen LogP contribution is 2.33. The fourth-order valence-electron chi connectivity index (χ4n) is 1.74. The van der Waals surface area contributed by atoms with Gasteiger partial charge < -0.3 is 4.90 Å². The number of carbonyl (C=O) groups excluding carboxylic acids is 1. The molecule has 93 valence electrons. The van der Waals surface area contributed by atoms with Crippen molar-refractivity contribution in [3.05, 3.63) is 29.8 Å². The molecule has 2 rings (SSSR count). The van der Waals surface area contributed by atoms with Crippen LogP contribution in [0.15, 0.2) is 23.4 Å². The van der Waals surface area contributed by atoms with Gasteiger partial charge in [-0.1, -0.05) is 6.08 Å². The minimum atomic E-state index is -4.28. The molecule has 0 bridgehead atoms. The number of carbonyl (C=O) groups is 1. The normalized spacial score (nSPS) is 22.3. The number of allylic oxidation sites excluding steroid dienone is 4. The number of rotatable bonds is 1. The number of alkyl halides is 3. The van der Waals surface area contributed by atoms with E-state index >= 15 is 0 Å². The first-order valence-corrected chi connectivity index (χ1v) is 6.33. The van der Waals surface area contributed by atoms with Crippen LogP contribution in [-0.2, 0) is 4.79 Å². The number of hydrogen-bond acceptors (Lipinski definition) is 2. The quantitative estimate of drug-likeness (QED) is 0.724. The van der Waals surface area contributed by atoms with Crippen LogP contribution in [0.2, 0.25) is 0 Å². The molecule has 0 aromatic carbocycles. The third-order valence-electron chi connectivity index (χ3n) is 2.65. The Morgan fingerprint density at radius 3 is 2.59 bits per heavy atom. The summed E-state index contributed by atoms with van der Waals surface area (Å²) in [6.07, 6.45) is -0.534. The number of amides is 1. The van der Waals surface area contributed by atoms with E-state index in [2.05, 4.69) is 0 Å². The fourth-order valence-corrected chi connectivity index (χ4v) is 2.52. The van der Waals surface area contributed by atoms with Crippen molar-refractivity contribution in [3.8, 4) is 0 Å². The van der Waals surface area contributed by atoms with Crippen molar-refractivity contribution in [1.29, 1.82) is 0 Å². The van der Waals surface area contributed by atoms with E-state index in [1.165, 1.54) is 12.5 Å². The van der Waals surface area contributed by atoms with Crippen LogP contribution in [0.1, 0.15) is 6.42 Å². The maximum absolute atomic E-state index is 12.4. The molecule has 2 aliphatic rings. The lowest BCUT2D eigenvalue weighted by molar-refractivity contribution is -0.126. The van der Waals surface area contributed by atoms with Crippen LogP contribution in [0.25, 0.3) is 0 Å². The average molecular weight is 262 g/mol. The summed E-state index contributed by atoms with van der Waals surface area (Å²) in [6, 6.07) is 0. The van der Waals surface area contributed by atoms with E-state index in [1.807, 2.05) is 0 Å². The minimum absolute atomic E-state index is 0.0346. The topological polar surface area (TPSA) is 20.3 Å². The first-order valence-electron chi connectivity index (χ1n) is 5.18. The highest BCUT2D eigenvalue weighted by atomic mass is 32.2. The van der Waals surface area contributed by atoms with E-state index < -0.39 is 11.7 Å². The summed E-state index contributed by atoms with van der Waals surface area (Å²) in [5, 5.41) is 0. The van der Waals surface area contributed by atoms with E-state index in [-0.39, 0.29) is 12.3 Å². The third-order valence-corrected chi connectivity index (χ3v) is 3.57. The van der Waals surface area contributed by atoms with Crippen LogP contribution >= 0.6 is 11.8 Å². The zero-order chi connectivity index (χ0) is 12.5. The molecule has 0 aromatic heterocycles. The van der Waals surface area contributed by atoms with E-state index in [0.29, 0.717) is 18.0 Å². The lowest BCUT2D eigenvalue weighted by atomic mass is 10.0. The first kappa shape index (κ1) is 12.5. The molecular weight excluding hydrogens is 251 g/mol. The van der Waals surface area contributed by atoms with Crippen molar-refractivity contribution in [3.63, 3.8) is 0 Å². The number of hydrogen-bond donors (Lipinski definition) is 0. The lowest BCUT2D eigenvalue weighted by Gasteiger charge is -2.30. The second-order valence-electron chi connectivity index (χ2n) is 3.79. The second kappa shape index (κ2) is 4.76. The number of nitrogens with zero attached hydrogens (tertiary/aromatic N) is 1. The van der Waals surface area contributed by atoms with Gasteiger partial charge in [0.15, 0.2) is 0 Å². The van der Waals surface area contributed by atoms with Crippen LogP contribution in [0, 0.1) is 6.42 Å². The van der Waals surface area contributed by atoms with Crippen molar-refractivity contribution >= 4 is 17.7 Å². The van der Waals surface area contributed by atoms with Gasteiger partial charge in [-0.25, -0.2) is 0 Å². The minimum Gasteiger partial charge on any atom is -0.314 e. The summed E-state index contributed by atoms with van der Waals surface area (Å²) >= 11 is 1.55. The molecule has 1 aliphatic carbocycles. The van der Waals surface area contributed by atoms with E-state index in [0.717, 1.165) is 11.8 Å². The van der Waals surface area contributed by atoms with Crippen LogP contribution in [0.4, 0.5) is 13.2 Å². The van der Waals surface area contributed by atoms with Gasteiger partial charge in [-0.2, -0.15) is 24.9 Å². The van der Waals surface area contributed by atoms with Crippen LogP contribution < -0.4 is 0 Å². The molecule has 1 radical (unpaired) electrons. The molecule has 0 atom stereocenters. The Morgan fingerprint density at radius 1 is 1.29 bits per heavy atom. The standard InChI is InChI=1S/C11H11F3NOS/c12-11(13,14)8-1-3-9(4-2-8)15-5-6-17-7-10(15)16/h1,3-4H,2,5-7H2. The molecule has 2 nitrogen and oxygen atoms in total. The summed E-state index contributed by atoms with van der Waals surface area (Å²) < 4.78 is 37.2. The number of thioether (sulfide) groups is 1. The molecule has 1 amide bonds. The number of halogens is 3. The van der Waals surface area contributed by atoms with Gasteiger partial charge in [0.1, 0.15) is 0 Å². The average Bonchev–Trinajstić information content (AvgIpc) is 2.29. The maximum Gasteiger partial charge on any atom is 0.412 e. The largest absolute Gasteiger partial charge is 0.412 e. The van der Waals surface area contributed by atoms with E-state index in [4.69, 9.17) is 0 Å². The SMILES string of the molecule is O=C1CSCCN1C1=CC=C(C(F)(F)F)C[CH]1. The Kier molecular flexibility index (Phi) is 3.51. The van der Waals surface area contributed by atoms with Gasteiger partial charge in [-0.3, -0.25) is 4.79 Å². The molecule has 0 N–H and O–H groups in total. The summed E-state index contributed by atoms with van der Waals surface area (Å²) in [6.45, 7) is 0.570. The molecule has 1 heterocycles. The van der Waals surface area contributed by atoms with Crippen molar-refractivity contribution in [2.45, 2.75) is 12.6 Å². The third kappa shape index (κ3) is 2.86. The Hall–Kier alpha value is -0.910. The molecule has 0 unspecified atom stereocenters. The van der Waals surface area contributed by atoms with Crippen LogP contribution in [0.5, 0.6) is 0 Å². The zero-order valence-electron chi connectivity index (χ0n) is 8.96. The summed E-state index contributed by atoms with van der Waals surface area (Å²) in [5.74, 6) is 1.20. The van der Waals surface area contributed by atoms with Gasteiger partial charge in [0.25, 0.3) is 0 Å². The molecule has 0 spiro atoms. The molecular formula is C11H11F3NOS. The lowest BCUT2D eigenvalue weighted by Crippen LogP contribution is -2.38. The molecule has 0 saturated carbocycles. The Labute approximate surface area is 102 Å². The predicted molar refractivity (Wildman–Crippen MR) is 60.2 cm³/mol. The van der Waals surface area contributed by atoms with Crippen molar-refractivity contribution in [2.75, 3.05) is 18.1 Å². The van der Waals surface area contributed by atoms with Crippen LogP contribution in [0.3, 0.4) is 0 Å². The van der Waals surface area contributed by atoms with E-state index in [1.54, 1.807) is 16.7 Å². The van der Waals surface area contributed by atoms with Gasteiger partial charge in [0, 0.05) is 30.0 Å². The maximum atomic E-state index is 12.4. The Bertz CT molecular complexity index is 387. The van der Waals surface area contributed by atoms with Gasteiger partial charge in [0.2, 0.25) is 5.91 Å². The monoisotopic (exact) mass is 262 g/mol. The predicted octanol–water partition coefficient (Wildman–Crippen LogP) is 2.54. The van der Waals surface area contributed by atoms with E-state index in [9.17, 15) is 18.0 Å². The summed E-state index contributed by atoms with van der Waals surface area (Å²) in [7, 11) is 0. The van der Waals surface area contributed by atoms with Crippen molar-refractivity contribution < 1.29 is 18.0 Å². The van der Waals surface area contributed by atoms with Gasteiger partial charge in [-0.05, 0) is 12.5 Å². The molecule has 1 saturated heterocycles. The zero-order valence-corrected chi connectivity index (χ0v) is 9.77. The Morgan fingerprint density at radius 2 is 2.06 bits per heavy atom. The van der Waals surface area contributed by atoms with Crippen LogP contribution in [-0.4, -0.2) is 35.0 Å². The highest BCUT2D eigenvalue weighted by molar-refractivity contribution is 8.00. The van der Waals surface area contributed by atoms with Gasteiger partial charge >= 0.3 is 6.18 Å². The molecule has 17 heavy (non-hydrogen) atoms. The summed E-state index contributed by atoms with van der Waals surface area (Å²) in [4.78, 5) is 13.1. The highest BCUT2D eigenvalue weighted by Gasteiger charge is 2.35. The van der Waals surface area contributed by atoms with Gasteiger partial charge in [-0.15, -0.1) is 0 Å². The van der Waals surface area contributed by atoms with Gasteiger partial charge in [0.05, 0.1) is 5.75 Å².